The van der Waals surface area contributed by atoms with Crippen LogP contribution in [0.5, 0.6) is 5.75 Å². The van der Waals surface area contributed by atoms with Crippen molar-refractivity contribution >= 4 is 29.4 Å². The molecular weight excluding hydrogens is 543 g/mol. The van der Waals surface area contributed by atoms with Gasteiger partial charge in [0, 0.05) is 42.7 Å². The molecule has 1 saturated carbocycles. The number of hydrogen-bond donors (Lipinski definition) is 3. The summed E-state index contributed by atoms with van der Waals surface area (Å²) in [4.78, 5) is 29.2. The van der Waals surface area contributed by atoms with Crippen molar-refractivity contribution in [3.05, 3.63) is 65.1 Å². The van der Waals surface area contributed by atoms with Crippen molar-refractivity contribution in [2.75, 3.05) is 11.9 Å². The third-order valence-corrected chi connectivity index (χ3v) is 5.73. The molecule has 39 heavy (non-hydrogen) atoms. The van der Waals surface area contributed by atoms with Crippen LogP contribution in [0.2, 0.25) is 0 Å². The van der Waals surface area contributed by atoms with Crippen LogP contribution in [-0.4, -0.2) is 53.6 Å². The van der Waals surface area contributed by atoms with Crippen LogP contribution in [0.15, 0.2) is 47.6 Å². The molecule has 0 bridgehead atoms. The van der Waals surface area contributed by atoms with E-state index < -0.39 is 76.3 Å². The van der Waals surface area contributed by atoms with E-state index in [1.54, 1.807) is 0 Å². The van der Waals surface area contributed by atoms with Gasteiger partial charge in [0.1, 0.15) is 18.0 Å². The normalized spacial score (nSPS) is 20.5. The van der Waals surface area contributed by atoms with Gasteiger partial charge in [0.25, 0.3) is 0 Å². The molecule has 0 heterocycles. The van der Waals surface area contributed by atoms with Crippen molar-refractivity contribution in [1.29, 1.82) is 0 Å². The highest BCUT2D eigenvalue weighted by atomic mass is 19.4. The van der Waals surface area contributed by atoms with E-state index in [1.807, 2.05) is 0 Å². The standard InChI is InChI=1S/C24H20F7N3O5/c1-34(14-4-2-13(25)3-5-14)22(38)39-21-15(6-12(23(26,27)28)7-16(21)24(29,30)31)11(9-32)10-33-17-8-18(35)20(37)19(17)36/h2-7,9-10,17-18,20,35,37H,8,32H2,1H3/b11-9+,33-10?. The second-order valence-electron chi connectivity index (χ2n) is 8.37. The highest BCUT2D eigenvalue weighted by molar-refractivity contribution is 6.12. The molecule has 2 aromatic carbocycles. The molecule has 0 saturated heterocycles. The number of amides is 1. The minimum Gasteiger partial charge on any atom is -0.409 e. The maximum Gasteiger partial charge on any atom is 0.420 e. The van der Waals surface area contributed by atoms with Crippen LogP contribution in [0, 0.1) is 5.82 Å². The molecule has 8 nitrogen and oxygen atoms in total. The number of ether oxygens (including phenoxy) is 1. The number of benzene rings is 2. The van der Waals surface area contributed by atoms with Gasteiger partial charge in [0.05, 0.1) is 17.2 Å². The highest BCUT2D eigenvalue weighted by Gasteiger charge is 2.42. The largest absolute Gasteiger partial charge is 0.420 e. The van der Waals surface area contributed by atoms with E-state index >= 15 is 0 Å². The average Bonchev–Trinajstić information content (AvgIpc) is 3.10. The number of anilines is 1. The lowest BCUT2D eigenvalue weighted by Gasteiger charge is -2.22. The lowest BCUT2D eigenvalue weighted by atomic mass is 9.98. The van der Waals surface area contributed by atoms with Gasteiger partial charge < -0.3 is 20.7 Å². The van der Waals surface area contributed by atoms with Crippen LogP contribution in [0.3, 0.4) is 0 Å². The summed E-state index contributed by atoms with van der Waals surface area (Å²) in [5.74, 6) is -2.96. The number of allylic oxidation sites excluding steroid dienone is 1. The van der Waals surface area contributed by atoms with Crippen molar-refractivity contribution in [2.45, 2.75) is 37.0 Å². The zero-order chi connectivity index (χ0) is 29.3. The van der Waals surface area contributed by atoms with Gasteiger partial charge in [-0.05, 0) is 36.4 Å². The number of aliphatic imine (C=N–C) groups is 1. The molecule has 210 valence electrons. The second-order valence-corrected chi connectivity index (χ2v) is 8.37. The highest BCUT2D eigenvalue weighted by Crippen LogP contribution is 2.44. The molecule has 1 amide bonds. The lowest BCUT2D eigenvalue weighted by Crippen LogP contribution is -2.30. The van der Waals surface area contributed by atoms with E-state index in [4.69, 9.17) is 10.5 Å². The SMILES string of the molecule is CN(C(=O)Oc1c(/C(C=NC2CC(O)C(O)C2=O)=C/N)cc(C(F)(F)F)cc1C(F)(F)F)c1ccc(F)cc1. The smallest absolute Gasteiger partial charge is 0.409 e. The molecule has 2 aromatic rings. The third kappa shape index (κ3) is 6.54. The van der Waals surface area contributed by atoms with E-state index in [0.29, 0.717) is 17.3 Å². The first-order chi connectivity index (χ1) is 18.0. The summed E-state index contributed by atoms with van der Waals surface area (Å²) in [6.45, 7) is 0. The Kier molecular flexibility index (Phi) is 8.36. The van der Waals surface area contributed by atoms with Crippen LogP contribution < -0.4 is 15.4 Å². The fourth-order valence-corrected chi connectivity index (χ4v) is 3.62. The molecule has 0 aliphatic heterocycles. The number of carbonyl (C=O) groups excluding carboxylic acids is 2. The molecule has 0 spiro atoms. The topological polar surface area (TPSA) is 125 Å². The van der Waals surface area contributed by atoms with Crippen LogP contribution in [-0.2, 0) is 17.1 Å². The number of carbonyl (C=O) groups is 2. The Labute approximate surface area is 215 Å². The van der Waals surface area contributed by atoms with Gasteiger partial charge in [-0.2, -0.15) is 26.3 Å². The molecule has 0 aromatic heterocycles. The Balaban J connectivity index is 2.14. The summed E-state index contributed by atoms with van der Waals surface area (Å²) in [6, 6.07) is 2.75. The summed E-state index contributed by atoms with van der Waals surface area (Å²) < 4.78 is 101. The van der Waals surface area contributed by atoms with Crippen molar-refractivity contribution < 1.29 is 55.3 Å². The quantitative estimate of drug-likeness (QED) is 0.374. The fraction of sp³-hybridized carbons (Fsp3) is 0.292. The molecule has 1 aliphatic rings. The van der Waals surface area contributed by atoms with Crippen LogP contribution in [0.1, 0.15) is 23.1 Å². The van der Waals surface area contributed by atoms with Gasteiger partial charge >= 0.3 is 18.4 Å². The number of hydrogen-bond acceptors (Lipinski definition) is 7. The molecule has 1 aliphatic carbocycles. The maximum atomic E-state index is 14.0. The number of nitrogens with zero attached hydrogens (tertiary/aromatic N) is 2. The summed E-state index contributed by atoms with van der Waals surface area (Å²) in [5.41, 5.74) is 0.175. The Bertz CT molecular complexity index is 1310. The van der Waals surface area contributed by atoms with E-state index in [9.17, 15) is 50.5 Å². The molecule has 3 atom stereocenters. The number of nitrogens with two attached hydrogens (primary N) is 1. The minimum absolute atomic E-state index is 0.0172. The van der Waals surface area contributed by atoms with Crippen molar-refractivity contribution in [3.63, 3.8) is 0 Å². The minimum atomic E-state index is -5.45. The number of alkyl halides is 6. The first kappa shape index (κ1) is 29.6. The van der Waals surface area contributed by atoms with Crippen molar-refractivity contribution in [1.82, 2.24) is 0 Å². The Morgan fingerprint density at radius 3 is 2.21 bits per heavy atom. The summed E-state index contributed by atoms with van der Waals surface area (Å²) in [7, 11) is 1.07. The Morgan fingerprint density at radius 2 is 1.72 bits per heavy atom. The van der Waals surface area contributed by atoms with E-state index in [1.165, 1.54) is 0 Å². The average molecular weight is 563 g/mol. The summed E-state index contributed by atoms with van der Waals surface area (Å²) in [5, 5.41) is 19.2. The zero-order valence-corrected chi connectivity index (χ0v) is 19.8. The predicted octanol–water partition coefficient (Wildman–Crippen LogP) is 3.93. The van der Waals surface area contributed by atoms with Gasteiger partial charge in [-0.1, -0.05) is 0 Å². The number of aliphatic hydroxyl groups is 2. The van der Waals surface area contributed by atoms with Crippen LogP contribution >= 0.6 is 0 Å². The Hall–Kier alpha value is -3.98. The molecule has 3 rings (SSSR count). The first-order valence-corrected chi connectivity index (χ1v) is 10.9. The predicted molar refractivity (Wildman–Crippen MR) is 123 cm³/mol. The number of rotatable bonds is 5. The summed E-state index contributed by atoms with van der Waals surface area (Å²) in [6.07, 6.45) is -14.6. The third-order valence-electron chi connectivity index (χ3n) is 5.73. The molecule has 4 N–H and O–H groups in total. The maximum absolute atomic E-state index is 14.0. The van der Waals surface area contributed by atoms with Gasteiger partial charge in [-0.25, -0.2) is 9.18 Å². The second kappa shape index (κ2) is 11.0. The molecule has 1 fully saturated rings. The van der Waals surface area contributed by atoms with Crippen molar-refractivity contribution in [3.8, 4) is 5.75 Å². The zero-order valence-electron chi connectivity index (χ0n) is 19.8. The Morgan fingerprint density at radius 1 is 1.10 bits per heavy atom. The van der Waals surface area contributed by atoms with Gasteiger partial charge in [-0.3, -0.25) is 14.7 Å². The molecule has 15 heteroatoms. The molecular formula is C24H20F7N3O5. The number of ketones is 1. The van der Waals surface area contributed by atoms with Gasteiger partial charge in [0.2, 0.25) is 0 Å². The number of halogens is 7. The van der Waals surface area contributed by atoms with Gasteiger partial charge in [0.15, 0.2) is 11.5 Å². The first-order valence-electron chi connectivity index (χ1n) is 10.9. The summed E-state index contributed by atoms with van der Waals surface area (Å²) >= 11 is 0. The number of Topliss-reactive ketones (excluding diaryl/α,β-unsaturated/α-hetero) is 1. The van der Waals surface area contributed by atoms with Gasteiger partial charge in [-0.15, -0.1) is 0 Å². The molecule has 0 radical (unpaired) electrons. The van der Waals surface area contributed by atoms with Crippen LogP contribution in [0.25, 0.3) is 5.57 Å². The van der Waals surface area contributed by atoms with E-state index in [-0.39, 0.29) is 24.2 Å². The monoisotopic (exact) mass is 563 g/mol. The van der Waals surface area contributed by atoms with Crippen molar-refractivity contribution in [2.24, 2.45) is 10.7 Å². The fourth-order valence-electron chi connectivity index (χ4n) is 3.62. The van der Waals surface area contributed by atoms with Crippen LogP contribution in [0.4, 0.5) is 41.2 Å². The van der Waals surface area contributed by atoms with E-state index in [0.717, 1.165) is 31.3 Å². The number of aliphatic hydroxyl groups excluding tert-OH is 2. The van der Waals surface area contributed by atoms with E-state index in [2.05, 4.69) is 4.99 Å². The lowest BCUT2D eigenvalue weighted by molar-refractivity contribution is -0.143. The molecule has 3 unspecified atom stereocenters.